The molecule has 0 saturated carbocycles. The Morgan fingerprint density at radius 2 is 2.28 bits per heavy atom. The van der Waals surface area contributed by atoms with Gasteiger partial charge in [0.2, 0.25) is 0 Å². The second-order valence-corrected chi connectivity index (χ2v) is 5.15. The molecular formula is C14H30N2O2. The molecule has 0 radical (unpaired) electrons. The minimum absolute atomic E-state index is 0.738. The van der Waals surface area contributed by atoms with E-state index in [-0.39, 0.29) is 0 Å². The molecule has 18 heavy (non-hydrogen) atoms. The van der Waals surface area contributed by atoms with Gasteiger partial charge in [-0.05, 0) is 45.7 Å². The number of nitrogens with zero attached hydrogens (tertiary/aromatic N) is 1. The summed E-state index contributed by atoms with van der Waals surface area (Å²) in [6, 6.07) is 0. The van der Waals surface area contributed by atoms with Crippen LogP contribution in [0.2, 0.25) is 0 Å². The smallest absolute Gasteiger partial charge is 0.0506 e. The molecule has 1 saturated heterocycles. The summed E-state index contributed by atoms with van der Waals surface area (Å²) in [5, 5.41) is 3.46. The fourth-order valence-electron chi connectivity index (χ4n) is 2.32. The zero-order chi connectivity index (χ0) is 13.1. The minimum atomic E-state index is 0.738. The summed E-state index contributed by atoms with van der Waals surface area (Å²) < 4.78 is 10.8. The molecule has 0 aromatic carbocycles. The molecule has 0 aromatic rings. The van der Waals surface area contributed by atoms with Crippen molar-refractivity contribution in [1.82, 2.24) is 10.2 Å². The average Bonchev–Trinajstić information content (AvgIpc) is 2.39. The van der Waals surface area contributed by atoms with Crippen molar-refractivity contribution in [3.05, 3.63) is 0 Å². The highest BCUT2D eigenvalue weighted by Crippen LogP contribution is 2.13. The maximum absolute atomic E-state index is 5.51. The van der Waals surface area contributed by atoms with Gasteiger partial charge in [0.25, 0.3) is 0 Å². The van der Waals surface area contributed by atoms with Crippen LogP contribution in [0.1, 0.15) is 26.2 Å². The van der Waals surface area contributed by atoms with E-state index in [2.05, 4.69) is 17.3 Å². The van der Waals surface area contributed by atoms with E-state index in [1.54, 1.807) is 0 Å². The Bertz CT molecular complexity index is 185. The predicted octanol–water partition coefficient (Wildman–Crippen LogP) is 1.36. The Labute approximate surface area is 112 Å². The molecule has 0 aliphatic carbocycles. The van der Waals surface area contributed by atoms with E-state index < -0.39 is 0 Å². The summed E-state index contributed by atoms with van der Waals surface area (Å²) in [4.78, 5) is 2.41. The van der Waals surface area contributed by atoms with Crippen LogP contribution < -0.4 is 5.32 Å². The highest BCUT2D eigenvalue weighted by Gasteiger charge is 2.15. The second kappa shape index (κ2) is 10.7. The zero-order valence-electron chi connectivity index (χ0n) is 12.1. The van der Waals surface area contributed by atoms with Gasteiger partial charge in [-0.25, -0.2) is 0 Å². The standard InChI is InChI=1S/C14H30N2O2/c1-3-17-11-5-7-15-8-9-16(2)12-14-6-4-10-18-13-14/h14-15H,3-13H2,1-2H3. The third kappa shape index (κ3) is 8.03. The molecule has 1 unspecified atom stereocenters. The van der Waals surface area contributed by atoms with Crippen LogP contribution in [-0.2, 0) is 9.47 Å². The quantitative estimate of drug-likeness (QED) is 0.600. The van der Waals surface area contributed by atoms with Gasteiger partial charge in [0.1, 0.15) is 0 Å². The van der Waals surface area contributed by atoms with Gasteiger partial charge in [0.05, 0.1) is 6.61 Å². The highest BCUT2D eigenvalue weighted by molar-refractivity contribution is 4.67. The molecule has 108 valence electrons. The third-order valence-electron chi connectivity index (χ3n) is 3.34. The summed E-state index contributed by atoms with van der Waals surface area (Å²) >= 11 is 0. The number of rotatable bonds is 10. The molecule has 1 heterocycles. The van der Waals surface area contributed by atoms with Crippen molar-refractivity contribution in [1.29, 1.82) is 0 Å². The van der Waals surface area contributed by atoms with E-state index in [0.29, 0.717) is 0 Å². The molecule has 1 aliphatic rings. The maximum Gasteiger partial charge on any atom is 0.0506 e. The first-order chi connectivity index (χ1) is 8.83. The van der Waals surface area contributed by atoms with Crippen LogP contribution in [0.5, 0.6) is 0 Å². The third-order valence-corrected chi connectivity index (χ3v) is 3.34. The molecule has 0 aromatic heterocycles. The summed E-state index contributed by atoms with van der Waals surface area (Å²) in [7, 11) is 2.20. The first-order valence-corrected chi connectivity index (χ1v) is 7.37. The Hall–Kier alpha value is -0.160. The summed E-state index contributed by atoms with van der Waals surface area (Å²) in [6.07, 6.45) is 3.66. The van der Waals surface area contributed by atoms with Gasteiger partial charge in [0.15, 0.2) is 0 Å². The summed E-state index contributed by atoms with van der Waals surface area (Å²) in [5.74, 6) is 0.738. The van der Waals surface area contributed by atoms with Crippen molar-refractivity contribution in [3.8, 4) is 0 Å². The van der Waals surface area contributed by atoms with Gasteiger partial charge in [-0.15, -0.1) is 0 Å². The zero-order valence-corrected chi connectivity index (χ0v) is 12.1. The number of nitrogens with one attached hydrogen (secondary N) is 1. The van der Waals surface area contributed by atoms with E-state index in [4.69, 9.17) is 9.47 Å². The molecule has 0 bridgehead atoms. The van der Waals surface area contributed by atoms with E-state index in [1.807, 2.05) is 6.92 Å². The maximum atomic E-state index is 5.51. The molecule has 1 rings (SSSR count). The number of likely N-dealkylation sites (N-methyl/N-ethyl adjacent to an activating group) is 1. The van der Waals surface area contributed by atoms with Crippen molar-refractivity contribution in [2.45, 2.75) is 26.2 Å². The van der Waals surface area contributed by atoms with Crippen molar-refractivity contribution < 1.29 is 9.47 Å². The van der Waals surface area contributed by atoms with Crippen LogP contribution in [0, 0.1) is 5.92 Å². The number of ether oxygens (including phenoxy) is 2. The lowest BCUT2D eigenvalue weighted by Gasteiger charge is -2.27. The molecule has 0 amide bonds. The number of hydrogen-bond donors (Lipinski definition) is 1. The molecule has 1 atom stereocenters. The van der Waals surface area contributed by atoms with Crippen LogP contribution in [0.4, 0.5) is 0 Å². The van der Waals surface area contributed by atoms with Crippen molar-refractivity contribution in [2.24, 2.45) is 5.92 Å². The van der Waals surface area contributed by atoms with Crippen LogP contribution in [0.15, 0.2) is 0 Å². The molecular weight excluding hydrogens is 228 g/mol. The Balaban J connectivity index is 1.88. The van der Waals surface area contributed by atoms with Gasteiger partial charge in [-0.3, -0.25) is 0 Å². The topological polar surface area (TPSA) is 33.7 Å². The molecule has 4 heteroatoms. The SMILES string of the molecule is CCOCCCNCCN(C)CC1CCCOC1. The average molecular weight is 258 g/mol. The van der Waals surface area contributed by atoms with Crippen molar-refractivity contribution >= 4 is 0 Å². The normalized spacial score (nSPS) is 20.5. The summed E-state index contributed by atoms with van der Waals surface area (Å²) in [6.45, 7) is 10.1. The second-order valence-electron chi connectivity index (χ2n) is 5.15. The first kappa shape index (κ1) is 15.9. The Kier molecular flexibility index (Phi) is 9.48. The molecule has 4 nitrogen and oxygen atoms in total. The fraction of sp³-hybridized carbons (Fsp3) is 1.00. The highest BCUT2D eigenvalue weighted by atomic mass is 16.5. The lowest BCUT2D eigenvalue weighted by Crippen LogP contribution is -2.35. The largest absolute Gasteiger partial charge is 0.382 e. The monoisotopic (exact) mass is 258 g/mol. The first-order valence-electron chi connectivity index (χ1n) is 7.37. The fourth-order valence-corrected chi connectivity index (χ4v) is 2.32. The molecule has 1 N–H and O–H groups in total. The predicted molar refractivity (Wildman–Crippen MR) is 75.0 cm³/mol. The summed E-state index contributed by atoms with van der Waals surface area (Å²) in [5.41, 5.74) is 0. The lowest BCUT2D eigenvalue weighted by atomic mass is 10.0. The van der Waals surface area contributed by atoms with E-state index in [1.165, 1.54) is 19.4 Å². The molecule has 0 spiro atoms. The molecule has 1 aliphatic heterocycles. The van der Waals surface area contributed by atoms with Gasteiger partial charge < -0.3 is 19.7 Å². The van der Waals surface area contributed by atoms with Crippen molar-refractivity contribution in [2.75, 3.05) is 59.7 Å². The van der Waals surface area contributed by atoms with E-state index >= 15 is 0 Å². The van der Waals surface area contributed by atoms with Crippen LogP contribution in [0.25, 0.3) is 0 Å². The van der Waals surface area contributed by atoms with Crippen LogP contribution in [-0.4, -0.2) is 64.6 Å². The van der Waals surface area contributed by atoms with Crippen LogP contribution >= 0.6 is 0 Å². The number of hydrogen-bond acceptors (Lipinski definition) is 4. The Morgan fingerprint density at radius 3 is 3.00 bits per heavy atom. The van der Waals surface area contributed by atoms with Crippen molar-refractivity contribution in [3.63, 3.8) is 0 Å². The van der Waals surface area contributed by atoms with Gasteiger partial charge in [0, 0.05) is 39.5 Å². The van der Waals surface area contributed by atoms with Gasteiger partial charge in [-0.1, -0.05) is 0 Å². The Morgan fingerprint density at radius 1 is 1.39 bits per heavy atom. The lowest BCUT2D eigenvalue weighted by molar-refractivity contribution is 0.0422. The van der Waals surface area contributed by atoms with Gasteiger partial charge in [-0.2, -0.15) is 0 Å². The van der Waals surface area contributed by atoms with Crippen LogP contribution in [0.3, 0.4) is 0 Å². The van der Waals surface area contributed by atoms with E-state index in [0.717, 1.165) is 58.4 Å². The molecule has 1 fully saturated rings. The van der Waals surface area contributed by atoms with E-state index in [9.17, 15) is 0 Å². The minimum Gasteiger partial charge on any atom is -0.382 e. The van der Waals surface area contributed by atoms with Gasteiger partial charge >= 0.3 is 0 Å².